The van der Waals surface area contributed by atoms with Crippen LogP contribution in [0, 0.1) is 0 Å². The Morgan fingerprint density at radius 1 is 1.14 bits per heavy atom. The molecule has 1 aliphatic rings. The van der Waals surface area contributed by atoms with Crippen molar-refractivity contribution in [2.24, 2.45) is 4.99 Å². The van der Waals surface area contributed by atoms with Crippen LogP contribution < -0.4 is 10.6 Å². The standard InChI is InChI=1S/C22H39N5O/c1-6-26(7-2)17-20-10-8-9-19(15-20)16-24-21(23-5)25-18-22(3,4)27-11-13-28-14-12-27/h8-10,15H,6-7,11-14,16-18H2,1-5H3,(H2,23,24,25). The minimum atomic E-state index is 0.0606. The van der Waals surface area contributed by atoms with E-state index in [1.54, 1.807) is 0 Å². The zero-order chi connectivity index (χ0) is 20.4. The Morgan fingerprint density at radius 2 is 1.82 bits per heavy atom. The van der Waals surface area contributed by atoms with E-state index in [9.17, 15) is 0 Å². The largest absolute Gasteiger partial charge is 0.379 e. The molecule has 0 unspecified atom stereocenters. The number of ether oxygens (including phenoxy) is 1. The average molecular weight is 390 g/mol. The number of guanidine groups is 1. The van der Waals surface area contributed by atoms with Gasteiger partial charge in [-0.25, -0.2) is 0 Å². The Morgan fingerprint density at radius 3 is 2.46 bits per heavy atom. The van der Waals surface area contributed by atoms with E-state index in [0.29, 0.717) is 0 Å². The smallest absolute Gasteiger partial charge is 0.191 e. The van der Waals surface area contributed by atoms with Gasteiger partial charge in [0.05, 0.1) is 13.2 Å². The summed E-state index contributed by atoms with van der Waals surface area (Å²) in [6, 6.07) is 8.81. The molecule has 28 heavy (non-hydrogen) atoms. The molecule has 0 amide bonds. The van der Waals surface area contributed by atoms with Gasteiger partial charge in [0.1, 0.15) is 0 Å². The van der Waals surface area contributed by atoms with Crippen LogP contribution in [0.15, 0.2) is 29.3 Å². The van der Waals surface area contributed by atoms with Crippen LogP contribution in [0.25, 0.3) is 0 Å². The molecule has 1 fully saturated rings. The molecule has 6 nitrogen and oxygen atoms in total. The fourth-order valence-electron chi connectivity index (χ4n) is 3.53. The second kappa shape index (κ2) is 11.4. The molecule has 0 atom stereocenters. The molecule has 0 aromatic heterocycles. The molecule has 0 bridgehead atoms. The Hall–Kier alpha value is -1.63. The summed E-state index contributed by atoms with van der Waals surface area (Å²) in [5.41, 5.74) is 2.70. The number of hydrogen-bond donors (Lipinski definition) is 2. The number of nitrogens with zero attached hydrogens (tertiary/aromatic N) is 3. The number of aliphatic imine (C=N–C) groups is 1. The SMILES string of the molecule is CCN(CC)Cc1cccc(CNC(=NC)NCC(C)(C)N2CCOCC2)c1. The maximum Gasteiger partial charge on any atom is 0.191 e. The molecule has 2 N–H and O–H groups in total. The van der Waals surface area contributed by atoms with E-state index in [1.165, 1.54) is 11.1 Å². The van der Waals surface area contributed by atoms with E-state index >= 15 is 0 Å². The lowest BCUT2D eigenvalue weighted by Crippen LogP contribution is -2.56. The first-order valence-electron chi connectivity index (χ1n) is 10.6. The van der Waals surface area contributed by atoms with Gasteiger partial charge in [0.15, 0.2) is 5.96 Å². The molecular formula is C22H39N5O. The summed E-state index contributed by atoms with van der Waals surface area (Å²) >= 11 is 0. The molecule has 0 radical (unpaired) electrons. The van der Waals surface area contributed by atoms with Gasteiger partial charge in [0, 0.05) is 45.3 Å². The van der Waals surface area contributed by atoms with Crippen molar-refractivity contribution < 1.29 is 4.74 Å². The molecule has 0 spiro atoms. The second-order valence-electron chi connectivity index (χ2n) is 7.97. The maximum absolute atomic E-state index is 5.48. The van der Waals surface area contributed by atoms with Crippen LogP contribution in [0.5, 0.6) is 0 Å². The molecule has 1 aromatic rings. The van der Waals surface area contributed by atoms with Crippen molar-refractivity contribution in [2.75, 3.05) is 53.0 Å². The summed E-state index contributed by atoms with van der Waals surface area (Å²) in [7, 11) is 1.83. The second-order valence-corrected chi connectivity index (χ2v) is 7.97. The number of nitrogens with one attached hydrogen (secondary N) is 2. The maximum atomic E-state index is 5.48. The minimum absolute atomic E-state index is 0.0606. The van der Waals surface area contributed by atoms with Gasteiger partial charge < -0.3 is 15.4 Å². The Labute approximate surface area is 171 Å². The highest BCUT2D eigenvalue weighted by atomic mass is 16.5. The van der Waals surface area contributed by atoms with Gasteiger partial charge in [0.2, 0.25) is 0 Å². The van der Waals surface area contributed by atoms with Gasteiger partial charge in [-0.05, 0) is 38.1 Å². The molecule has 158 valence electrons. The van der Waals surface area contributed by atoms with Crippen LogP contribution in [0.4, 0.5) is 0 Å². The lowest BCUT2D eigenvalue weighted by molar-refractivity contribution is -0.00834. The van der Waals surface area contributed by atoms with Crippen molar-refractivity contribution in [1.29, 1.82) is 0 Å². The Kier molecular flexibility index (Phi) is 9.22. The summed E-state index contributed by atoms with van der Waals surface area (Å²) < 4.78 is 5.48. The predicted molar refractivity (Wildman–Crippen MR) is 118 cm³/mol. The molecule has 1 aromatic carbocycles. The predicted octanol–water partition coefficient (Wildman–Crippen LogP) is 2.30. The zero-order valence-corrected chi connectivity index (χ0v) is 18.4. The van der Waals surface area contributed by atoms with Gasteiger partial charge in [-0.1, -0.05) is 38.1 Å². The highest BCUT2D eigenvalue weighted by molar-refractivity contribution is 5.79. The van der Waals surface area contributed by atoms with E-state index in [2.05, 4.69) is 77.4 Å². The summed E-state index contributed by atoms with van der Waals surface area (Å²) in [6.45, 7) is 17.3. The summed E-state index contributed by atoms with van der Waals surface area (Å²) in [6.07, 6.45) is 0. The molecule has 2 rings (SSSR count). The summed E-state index contributed by atoms with van der Waals surface area (Å²) in [5.74, 6) is 0.843. The quantitative estimate of drug-likeness (QED) is 0.501. The van der Waals surface area contributed by atoms with Crippen LogP contribution >= 0.6 is 0 Å². The monoisotopic (exact) mass is 389 g/mol. The van der Waals surface area contributed by atoms with Crippen molar-refractivity contribution in [2.45, 2.75) is 46.3 Å². The molecule has 1 saturated heterocycles. The van der Waals surface area contributed by atoms with Crippen LogP contribution in [0.3, 0.4) is 0 Å². The van der Waals surface area contributed by atoms with Crippen LogP contribution in [0.2, 0.25) is 0 Å². The van der Waals surface area contributed by atoms with Crippen molar-refractivity contribution in [3.05, 3.63) is 35.4 Å². The van der Waals surface area contributed by atoms with E-state index in [4.69, 9.17) is 4.74 Å². The number of morpholine rings is 1. The first-order valence-corrected chi connectivity index (χ1v) is 10.6. The van der Waals surface area contributed by atoms with Gasteiger partial charge in [-0.15, -0.1) is 0 Å². The topological polar surface area (TPSA) is 52.1 Å². The van der Waals surface area contributed by atoms with Crippen molar-refractivity contribution >= 4 is 5.96 Å². The third-order valence-corrected chi connectivity index (χ3v) is 5.53. The van der Waals surface area contributed by atoms with Crippen molar-refractivity contribution in [1.82, 2.24) is 20.4 Å². The Bertz CT molecular complexity index is 607. The van der Waals surface area contributed by atoms with Gasteiger partial charge in [-0.3, -0.25) is 14.8 Å². The van der Waals surface area contributed by atoms with Gasteiger partial charge in [-0.2, -0.15) is 0 Å². The normalized spacial score (nSPS) is 16.4. The van der Waals surface area contributed by atoms with Crippen molar-refractivity contribution in [3.8, 4) is 0 Å². The first kappa shape index (κ1) is 22.7. The molecular weight excluding hydrogens is 350 g/mol. The van der Waals surface area contributed by atoms with Gasteiger partial charge >= 0.3 is 0 Å². The molecule has 0 aliphatic carbocycles. The van der Waals surface area contributed by atoms with E-state index in [0.717, 1.165) is 65.0 Å². The highest BCUT2D eigenvalue weighted by Crippen LogP contribution is 2.15. The molecule has 1 heterocycles. The van der Waals surface area contributed by atoms with Crippen LogP contribution in [-0.2, 0) is 17.8 Å². The lowest BCUT2D eigenvalue weighted by Gasteiger charge is -2.41. The Balaban J connectivity index is 1.85. The van der Waals surface area contributed by atoms with Crippen molar-refractivity contribution in [3.63, 3.8) is 0 Å². The number of benzene rings is 1. The average Bonchev–Trinajstić information content (AvgIpc) is 2.73. The van der Waals surface area contributed by atoms with E-state index < -0.39 is 0 Å². The third kappa shape index (κ3) is 7.08. The van der Waals surface area contributed by atoms with E-state index in [-0.39, 0.29) is 5.54 Å². The van der Waals surface area contributed by atoms with E-state index in [1.807, 2.05) is 7.05 Å². The lowest BCUT2D eigenvalue weighted by atomic mass is 10.0. The molecule has 1 aliphatic heterocycles. The zero-order valence-electron chi connectivity index (χ0n) is 18.4. The fourth-order valence-corrected chi connectivity index (χ4v) is 3.53. The number of rotatable bonds is 9. The summed E-state index contributed by atoms with van der Waals surface area (Å²) in [4.78, 5) is 9.30. The van der Waals surface area contributed by atoms with Gasteiger partial charge in [0.25, 0.3) is 0 Å². The summed E-state index contributed by atoms with van der Waals surface area (Å²) in [5, 5.41) is 6.94. The molecule has 0 saturated carbocycles. The highest BCUT2D eigenvalue weighted by Gasteiger charge is 2.28. The third-order valence-electron chi connectivity index (χ3n) is 5.53. The van der Waals surface area contributed by atoms with Crippen LogP contribution in [0.1, 0.15) is 38.8 Å². The minimum Gasteiger partial charge on any atom is -0.379 e. The number of hydrogen-bond acceptors (Lipinski definition) is 4. The van der Waals surface area contributed by atoms with Crippen LogP contribution in [-0.4, -0.2) is 74.3 Å². The first-order chi connectivity index (χ1) is 13.5. The fraction of sp³-hybridized carbons (Fsp3) is 0.682. The molecule has 6 heteroatoms.